The number of carbonyl (C=O) groups is 1. The van der Waals surface area contributed by atoms with Gasteiger partial charge in [0.25, 0.3) is 12.3 Å². The van der Waals surface area contributed by atoms with Gasteiger partial charge in [-0.05, 0) is 6.07 Å². The van der Waals surface area contributed by atoms with Crippen molar-refractivity contribution in [2.75, 3.05) is 7.11 Å². The molecule has 0 aliphatic heterocycles. The van der Waals surface area contributed by atoms with Crippen molar-refractivity contribution in [1.29, 1.82) is 5.26 Å². The summed E-state index contributed by atoms with van der Waals surface area (Å²) >= 11 is 0. The number of primary amides is 1. The largest absolute Gasteiger partial charge is 0.494 e. The number of amides is 1. The number of carbonyl (C=O) groups excluding carboxylic acids is 1. The quantitative estimate of drug-likeness (QED) is 0.834. The van der Waals surface area contributed by atoms with Gasteiger partial charge >= 0.3 is 0 Å². The lowest BCUT2D eigenvalue weighted by molar-refractivity contribution is 0.0991. The first-order valence-electron chi connectivity index (χ1n) is 4.08. The highest BCUT2D eigenvalue weighted by Crippen LogP contribution is 2.27. The summed E-state index contributed by atoms with van der Waals surface area (Å²) in [5, 5.41) is 8.60. The van der Waals surface area contributed by atoms with Gasteiger partial charge in [0, 0.05) is 0 Å². The lowest BCUT2D eigenvalue weighted by Gasteiger charge is -2.08. The highest BCUT2D eigenvalue weighted by Gasteiger charge is 2.21. The molecule has 0 bridgehead atoms. The molecule has 84 valence electrons. The van der Waals surface area contributed by atoms with Gasteiger partial charge in [-0.25, -0.2) is 13.8 Å². The van der Waals surface area contributed by atoms with E-state index in [1.54, 1.807) is 0 Å². The number of aromatic nitrogens is 1. The molecule has 1 aromatic heterocycles. The smallest absolute Gasteiger partial charge is 0.271 e. The van der Waals surface area contributed by atoms with Crippen molar-refractivity contribution < 1.29 is 18.3 Å². The van der Waals surface area contributed by atoms with E-state index < -0.39 is 23.6 Å². The lowest BCUT2D eigenvalue weighted by atomic mass is 10.1. The van der Waals surface area contributed by atoms with Crippen LogP contribution in [0.5, 0.6) is 5.75 Å². The van der Waals surface area contributed by atoms with Crippen LogP contribution in [0.25, 0.3) is 0 Å². The summed E-state index contributed by atoms with van der Waals surface area (Å²) in [6.45, 7) is 0. The number of hydrogen-bond donors (Lipinski definition) is 1. The number of halogens is 2. The predicted molar refractivity (Wildman–Crippen MR) is 49.0 cm³/mol. The second-order valence-electron chi connectivity index (χ2n) is 2.75. The zero-order chi connectivity index (χ0) is 12.3. The van der Waals surface area contributed by atoms with E-state index in [0.29, 0.717) is 0 Å². The SMILES string of the molecule is COc1cc(C(F)F)c(C#N)nc1C(N)=O. The normalized spacial score (nSPS) is 9.94. The molecule has 0 saturated heterocycles. The second kappa shape index (κ2) is 4.53. The van der Waals surface area contributed by atoms with Crippen LogP contribution in [-0.4, -0.2) is 18.0 Å². The molecule has 0 radical (unpaired) electrons. The maximum Gasteiger partial charge on any atom is 0.271 e. The zero-order valence-corrected chi connectivity index (χ0v) is 8.20. The predicted octanol–water partition coefficient (Wildman–Crippen LogP) is 0.998. The van der Waals surface area contributed by atoms with E-state index in [0.717, 1.165) is 6.07 Å². The molecule has 0 aromatic carbocycles. The third-order valence-electron chi connectivity index (χ3n) is 1.81. The lowest BCUT2D eigenvalue weighted by Crippen LogP contribution is -2.16. The first-order valence-corrected chi connectivity index (χ1v) is 4.08. The van der Waals surface area contributed by atoms with Crippen LogP contribution in [0.3, 0.4) is 0 Å². The fourth-order valence-corrected chi connectivity index (χ4v) is 1.10. The van der Waals surface area contributed by atoms with Crippen molar-refractivity contribution >= 4 is 5.91 Å². The number of pyridine rings is 1. The van der Waals surface area contributed by atoms with Crippen LogP contribution in [0.1, 0.15) is 28.2 Å². The minimum atomic E-state index is -2.88. The Kier molecular flexibility index (Phi) is 3.35. The molecule has 1 aromatic rings. The van der Waals surface area contributed by atoms with Crippen molar-refractivity contribution in [2.45, 2.75) is 6.43 Å². The van der Waals surface area contributed by atoms with Crippen molar-refractivity contribution in [2.24, 2.45) is 5.73 Å². The summed E-state index contributed by atoms with van der Waals surface area (Å²) in [7, 11) is 1.19. The van der Waals surface area contributed by atoms with E-state index in [-0.39, 0.29) is 11.4 Å². The Morgan fingerprint density at radius 2 is 2.31 bits per heavy atom. The summed E-state index contributed by atoms with van der Waals surface area (Å²) in [5.41, 5.74) is 3.49. The van der Waals surface area contributed by atoms with Gasteiger partial charge in [-0.3, -0.25) is 4.79 Å². The van der Waals surface area contributed by atoms with Crippen molar-refractivity contribution in [3.63, 3.8) is 0 Å². The van der Waals surface area contributed by atoms with Gasteiger partial charge in [-0.2, -0.15) is 5.26 Å². The van der Waals surface area contributed by atoms with Crippen molar-refractivity contribution in [3.8, 4) is 11.8 Å². The molecule has 1 rings (SSSR count). The Morgan fingerprint density at radius 1 is 1.69 bits per heavy atom. The van der Waals surface area contributed by atoms with Gasteiger partial charge in [-0.1, -0.05) is 0 Å². The monoisotopic (exact) mass is 227 g/mol. The molecule has 1 amide bonds. The second-order valence-corrected chi connectivity index (χ2v) is 2.75. The van der Waals surface area contributed by atoms with Crippen LogP contribution in [0.4, 0.5) is 8.78 Å². The van der Waals surface area contributed by atoms with Gasteiger partial charge < -0.3 is 10.5 Å². The fraction of sp³-hybridized carbons (Fsp3) is 0.222. The third kappa shape index (κ3) is 2.06. The Labute approximate surface area is 89.4 Å². The van der Waals surface area contributed by atoms with Crippen LogP contribution in [0, 0.1) is 11.3 Å². The number of ether oxygens (including phenoxy) is 1. The molecule has 0 fully saturated rings. The molecule has 0 spiro atoms. The van der Waals surface area contributed by atoms with E-state index in [4.69, 9.17) is 15.7 Å². The molecule has 7 heteroatoms. The molecule has 5 nitrogen and oxygen atoms in total. The molecule has 16 heavy (non-hydrogen) atoms. The van der Waals surface area contributed by atoms with Crippen molar-refractivity contribution in [1.82, 2.24) is 4.98 Å². The van der Waals surface area contributed by atoms with Gasteiger partial charge in [0.1, 0.15) is 6.07 Å². The first-order chi connectivity index (χ1) is 7.51. The van der Waals surface area contributed by atoms with E-state index in [1.807, 2.05) is 0 Å². The number of methoxy groups -OCH3 is 1. The summed E-state index contributed by atoms with van der Waals surface area (Å²) in [6, 6.07) is 2.35. The topological polar surface area (TPSA) is 89.0 Å². The van der Waals surface area contributed by atoms with E-state index in [2.05, 4.69) is 4.98 Å². The van der Waals surface area contributed by atoms with Crippen LogP contribution in [-0.2, 0) is 0 Å². The summed E-state index contributed by atoms with van der Waals surface area (Å²) in [5.74, 6) is -1.13. The molecule has 0 unspecified atom stereocenters. The van der Waals surface area contributed by atoms with Gasteiger partial charge in [0.15, 0.2) is 17.1 Å². The average Bonchev–Trinajstić information content (AvgIpc) is 2.26. The minimum absolute atomic E-state index is 0.179. The van der Waals surface area contributed by atoms with E-state index in [1.165, 1.54) is 13.2 Å². The number of nitriles is 1. The standard InChI is InChI=1S/C9H7F2N3O2/c1-16-6-2-4(8(10)11)5(3-12)14-7(6)9(13)15/h2,8H,1H3,(H2,13,15). The Morgan fingerprint density at radius 3 is 2.69 bits per heavy atom. The highest BCUT2D eigenvalue weighted by molar-refractivity contribution is 5.93. The molecule has 2 N–H and O–H groups in total. The van der Waals surface area contributed by atoms with Crippen LogP contribution >= 0.6 is 0 Å². The Balaban J connectivity index is 3.48. The van der Waals surface area contributed by atoms with Crippen LogP contribution in [0.2, 0.25) is 0 Å². The molecule has 0 atom stereocenters. The number of hydrogen-bond acceptors (Lipinski definition) is 4. The van der Waals surface area contributed by atoms with Gasteiger partial charge in [0.05, 0.1) is 12.7 Å². The molecule has 0 aliphatic rings. The van der Waals surface area contributed by atoms with E-state index >= 15 is 0 Å². The average molecular weight is 227 g/mol. The molecule has 1 heterocycles. The van der Waals surface area contributed by atoms with Crippen LogP contribution < -0.4 is 10.5 Å². The first kappa shape index (κ1) is 11.8. The van der Waals surface area contributed by atoms with Gasteiger partial charge in [0.2, 0.25) is 0 Å². The highest BCUT2D eigenvalue weighted by atomic mass is 19.3. The summed E-state index contributed by atoms with van der Waals surface area (Å²) in [6.07, 6.45) is -2.88. The minimum Gasteiger partial charge on any atom is -0.494 e. The number of nitrogens with zero attached hydrogens (tertiary/aromatic N) is 2. The number of nitrogens with two attached hydrogens (primary N) is 1. The molecular weight excluding hydrogens is 220 g/mol. The maximum absolute atomic E-state index is 12.5. The molecular formula is C9H7F2N3O2. The Bertz CT molecular complexity index is 469. The molecule has 0 saturated carbocycles. The summed E-state index contributed by atoms with van der Waals surface area (Å²) in [4.78, 5) is 14.4. The van der Waals surface area contributed by atoms with Gasteiger partial charge in [-0.15, -0.1) is 0 Å². The van der Waals surface area contributed by atoms with Crippen LogP contribution in [0.15, 0.2) is 6.07 Å². The summed E-state index contributed by atoms with van der Waals surface area (Å²) < 4.78 is 29.7. The number of rotatable bonds is 3. The van der Waals surface area contributed by atoms with Crippen molar-refractivity contribution in [3.05, 3.63) is 23.0 Å². The third-order valence-corrected chi connectivity index (χ3v) is 1.81. The zero-order valence-electron chi connectivity index (χ0n) is 8.20. The molecule has 0 aliphatic carbocycles. The fourth-order valence-electron chi connectivity index (χ4n) is 1.10. The number of alkyl halides is 2. The maximum atomic E-state index is 12.5. The Hall–Kier alpha value is -2.23. The van der Waals surface area contributed by atoms with E-state index in [9.17, 15) is 13.6 Å².